The van der Waals surface area contributed by atoms with Gasteiger partial charge in [0.2, 0.25) is 11.8 Å². The van der Waals surface area contributed by atoms with Gasteiger partial charge < -0.3 is 25.2 Å². The predicted octanol–water partition coefficient (Wildman–Crippen LogP) is 4.21. The normalized spacial score (nSPS) is 23.2. The van der Waals surface area contributed by atoms with Crippen LogP contribution in [0.2, 0.25) is 5.02 Å². The van der Waals surface area contributed by atoms with Gasteiger partial charge in [0.25, 0.3) is 11.8 Å². The molecule has 3 aromatic rings. The summed E-state index contributed by atoms with van der Waals surface area (Å²) in [7, 11) is 0. The number of hydrogen-bond acceptors (Lipinski definition) is 10. The summed E-state index contributed by atoms with van der Waals surface area (Å²) in [5.74, 6) is 0.334. The topological polar surface area (TPSA) is 160 Å². The molecule has 14 heteroatoms. The number of fused-ring (bicyclic) bond motifs is 1. The number of piperidine rings is 1. The molecule has 0 radical (unpaired) electrons. The lowest BCUT2D eigenvalue weighted by atomic mass is 9.49. The maximum Gasteiger partial charge on any atom is 0.255 e. The van der Waals surface area contributed by atoms with E-state index in [4.69, 9.17) is 16.3 Å². The minimum absolute atomic E-state index is 0.156. The number of carbonyl (C=O) groups excluding carboxylic acids is 4. The van der Waals surface area contributed by atoms with Crippen LogP contribution >= 0.6 is 11.6 Å². The Balaban J connectivity index is 0.876. The number of piperazine rings is 1. The van der Waals surface area contributed by atoms with E-state index in [0.717, 1.165) is 49.8 Å². The first kappa shape index (κ1) is 37.1. The third-order valence-electron chi connectivity index (χ3n) is 11.5. The number of rotatable bonds is 10. The van der Waals surface area contributed by atoms with Gasteiger partial charge in [0.1, 0.15) is 29.8 Å². The number of nitriles is 1. The molecule has 3 fully saturated rings. The fourth-order valence-corrected chi connectivity index (χ4v) is 9.03. The summed E-state index contributed by atoms with van der Waals surface area (Å²) in [6.45, 7) is 13.4. The SMILES string of the molecule is CC1(C)C(NC(=O)c2ccc(N3CCN(CCNc4cccc5c4CN(C4CCC(=O)NC4=O)C5=O)CC3)nc2)C(C)(C)C1Oc1ccc(C#N)c(Cl)c1. The number of anilines is 2. The third-order valence-corrected chi connectivity index (χ3v) is 11.8. The number of carbonyl (C=O) groups is 4. The Bertz CT molecular complexity index is 2000. The molecule has 1 aromatic heterocycles. The second-order valence-electron chi connectivity index (χ2n) is 15.7. The van der Waals surface area contributed by atoms with Crippen molar-refractivity contribution < 1.29 is 23.9 Å². The maximum atomic E-state index is 13.4. The molecular formula is C40H45ClN8O5. The van der Waals surface area contributed by atoms with Crippen LogP contribution in [-0.4, -0.2) is 95.9 Å². The molecule has 2 aromatic carbocycles. The standard InChI is InChI=1S/C40H45ClN8O5/c1-39(2)37(40(3,4)38(39)54-26-10-8-24(21-42)29(41)20-26)46-34(51)25-9-12-32(44-22-25)48-18-16-47(17-19-48)15-14-43-30-7-5-6-27-28(30)23-49(36(27)53)31-11-13-33(50)45-35(31)52/h5-10,12,20,22,31,37-38,43H,11,13-19,23H2,1-4H3,(H,46,51)(H,45,50,52). The Hall–Kier alpha value is -5.19. The van der Waals surface area contributed by atoms with Crippen LogP contribution in [0.1, 0.15) is 72.4 Å². The fraction of sp³-hybridized carbons (Fsp3) is 0.450. The number of aromatic nitrogens is 1. The van der Waals surface area contributed by atoms with Crippen LogP contribution in [0.4, 0.5) is 11.5 Å². The highest BCUT2D eigenvalue weighted by Gasteiger charge is 2.64. The van der Waals surface area contributed by atoms with Crippen LogP contribution < -0.4 is 25.6 Å². The minimum atomic E-state index is -0.640. The summed E-state index contributed by atoms with van der Waals surface area (Å²) < 4.78 is 6.36. The molecule has 282 valence electrons. The minimum Gasteiger partial charge on any atom is -0.489 e. The first-order chi connectivity index (χ1) is 25.8. The number of nitrogens with zero attached hydrogens (tertiary/aromatic N) is 5. The first-order valence-corrected chi connectivity index (χ1v) is 18.8. The molecule has 1 unspecified atom stereocenters. The van der Waals surface area contributed by atoms with Crippen LogP contribution in [0, 0.1) is 22.2 Å². The Morgan fingerprint density at radius 3 is 2.48 bits per heavy atom. The van der Waals surface area contributed by atoms with E-state index < -0.39 is 11.9 Å². The molecule has 13 nitrogen and oxygen atoms in total. The highest BCUT2D eigenvalue weighted by molar-refractivity contribution is 6.31. The third kappa shape index (κ3) is 6.96. The molecule has 2 saturated heterocycles. The predicted molar refractivity (Wildman–Crippen MR) is 203 cm³/mol. The summed E-state index contributed by atoms with van der Waals surface area (Å²) in [4.78, 5) is 61.5. The van der Waals surface area contributed by atoms with Crippen LogP contribution in [-0.2, 0) is 16.1 Å². The van der Waals surface area contributed by atoms with E-state index in [9.17, 15) is 24.4 Å². The van der Waals surface area contributed by atoms with Gasteiger partial charge in [0.05, 0.1) is 16.1 Å². The number of pyridine rings is 1. The van der Waals surface area contributed by atoms with Crippen molar-refractivity contribution in [3.63, 3.8) is 0 Å². The van der Waals surface area contributed by atoms with Gasteiger partial charge in [-0.2, -0.15) is 5.26 Å². The van der Waals surface area contributed by atoms with Crippen LogP contribution in [0.25, 0.3) is 0 Å². The first-order valence-electron chi connectivity index (χ1n) is 18.4. The van der Waals surface area contributed by atoms with Crippen LogP contribution in [0.15, 0.2) is 54.7 Å². The van der Waals surface area contributed by atoms with Gasteiger partial charge >= 0.3 is 0 Å². The van der Waals surface area contributed by atoms with Crippen molar-refractivity contribution in [2.45, 2.75) is 65.3 Å². The van der Waals surface area contributed by atoms with Crippen molar-refractivity contribution in [3.05, 3.63) is 82.0 Å². The van der Waals surface area contributed by atoms with E-state index in [2.05, 4.69) is 64.5 Å². The lowest BCUT2D eigenvalue weighted by molar-refractivity contribution is -0.164. The van der Waals surface area contributed by atoms with E-state index in [1.54, 1.807) is 35.4 Å². The monoisotopic (exact) mass is 752 g/mol. The zero-order valence-electron chi connectivity index (χ0n) is 30.9. The molecule has 3 N–H and O–H groups in total. The van der Waals surface area contributed by atoms with Crippen molar-refractivity contribution in [2.24, 2.45) is 10.8 Å². The van der Waals surface area contributed by atoms with E-state index in [1.165, 1.54) is 0 Å². The molecule has 1 saturated carbocycles. The lowest BCUT2D eigenvalue weighted by Gasteiger charge is -2.63. The highest BCUT2D eigenvalue weighted by atomic mass is 35.5. The van der Waals surface area contributed by atoms with Crippen LogP contribution in [0.5, 0.6) is 5.75 Å². The molecule has 4 heterocycles. The van der Waals surface area contributed by atoms with Gasteiger partial charge in [-0.25, -0.2) is 4.98 Å². The molecule has 0 spiro atoms. The quantitative estimate of drug-likeness (QED) is 0.256. The molecule has 3 aliphatic heterocycles. The molecule has 0 bridgehead atoms. The Morgan fingerprint density at radius 1 is 1.06 bits per heavy atom. The number of ether oxygens (including phenoxy) is 1. The van der Waals surface area contributed by atoms with E-state index in [-0.39, 0.29) is 47.1 Å². The maximum absolute atomic E-state index is 13.4. The van der Waals surface area contributed by atoms with Gasteiger partial charge in [-0.1, -0.05) is 45.4 Å². The number of amides is 4. The zero-order valence-corrected chi connectivity index (χ0v) is 31.7. The van der Waals surface area contributed by atoms with Crippen molar-refractivity contribution in [1.29, 1.82) is 5.26 Å². The Kier molecular flexibility index (Phi) is 10.0. The molecule has 7 rings (SSSR count). The van der Waals surface area contributed by atoms with Gasteiger partial charge in [0, 0.05) is 98.2 Å². The molecule has 1 aliphatic carbocycles. The summed E-state index contributed by atoms with van der Waals surface area (Å²) in [5, 5.41) is 18.6. The molecule has 4 amide bonds. The fourth-order valence-electron chi connectivity index (χ4n) is 8.82. The molecule has 1 atom stereocenters. The second-order valence-corrected chi connectivity index (χ2v) is 16.1. The van der Waals surface area contributed by atoms with E-state index in [0.29, 0.717) is 47.0 Å². The lowest BCUT2D eigenvalue weighted by Crippen LogP contribution is -2.74. The Labute approximate surface area is 320 Å². The summed E-state index contributed by atoms with van der Waals surface area (Å²) in [6.07, 6.45) is 2.00. The smallest absolute Gasteiger partial charge is 0.255 e. The Morgan fingerprint density at radius 2 is 1.81 bits per heavy atom. The molecule has 54 heavy (non-hydrogen) atoms. The average molecular weight is 753 g/mol. The zero-order chi connectivity index (χ0) is 38.4. The van der Waals surface area contributed by atoms with Crippen molar-refractivity contribution in [3.8, 4) is 11.8 Å². The summed E-state index contributed by atoms with van der Waals surface area (Å²) in [5.41, 5.74) is 2.49. The average Bonchev–Trinajstić information content (AvgIpc) is 3.49. The molecular weight excluding hydrogens is 708 g/mol. The number of halogens is 1. The number of hydrogen-bond donors (Lipinski definition) is 3. The highest BCUT2D eigenvalue weighted by Crippen LogP contribution is 2.55. The number of imide groups is 1. The van der Waals surface area contributed by atoms with Crippen molar-refractivity contribution >= 4 is 46.7 Å². The summed E-state index contributed by atoms with van der Waals surface area (Å²) in [6, 6.07) is 15.7. The van der Waals surface area contributed by atoms with E-state index in [1.807, 2.05) is 24.3 Å². The largest absolute Gasteiger partial charge is 0.489 e. The number of benzene rings is 2. The molecule has 4 aliphatic rings. The van der Waals surface area contributed by atoms with Gasteiger partial charge in [-0.15, -0.1) is 0 Å². The van der Waals surface area contributed by atoms with E-state index >= 15 is 0 Å². The van der Waals surface area contributed by atoms with Gasteiger partial charge in [-0.3, -0.25) is 29.4 Å². The van der Waals surface area contributed by atoms with Gasteiger partial charge in [0.15, 0.2) is 0 Å². The summed E-state index contributed by atoms with van der Waals surface area (Å²) >= 11 is 6.23. The van der Waals surface area contributed by atoms with Crippen LogP contribution in [0.3, 0.4) is 0 Å². The second kappa shape index (κ2) is 14.6. The van der Waals surface area contributed by atoms with Gasteiger partial charge in [-0.05, 0) is 42.8 Å². The van der Waals surface area contributed by atoms with Crippen molar-refractivity contribution in [1.82, 2.24) is 25.4 Å². The number of nitrogens with one attached hydrogen (secondary N) is 3. The van der Waals surface area contributed by atoms with Crippen molar-refractivity contribution in [2.75, 3.05) is 49.5 Å².